The van der Waals surface area contributed by atoms with E-state index in [-0.39, 0.29) is 5.41 Å². The molecule has 1 aliphatic carbocycles. The molecule has 152 valence electrons. The smallest absolute Gasteiger partial charge is 0.0215 e. The van der Waals surface area contributed by atoms with Crippen LogP contribution in [0.4, 0.5) is 0 Å². The summed E-state index contributed by atoms with van der Waals surface area (Å²) in [5, 5.41) is 2.86. The van der Waals surface area contributed by atoms with Crippen molar-refractivity contribution in [2.75, 3.05) is 0 Å². The van der Waals surface area contributed by atoms with Crippen molar-refractivity contribution >= 4 is 10.8 Å². The molecule has 0 N–H and O–H groups in total. The van der Waals surface area contributed by atoms with Crippen molar-refractivity contribution in [3.63, 3.8) is 0 Å². The van der Waals surface area contributed by atoms with Crippen LogP contribution in [-0.4, -0.2) is 0 Å². The standard InChI is InChI=1S/C29H36/c1-5-7-9-18-29(19-10-8-6-2)26-17-16-23-22(4)12-11-13-24(23)28(26)25-15-14-21(3)20-27(25)29/h11-17,20H,5-10,18-19H2,1-4H3. The zero-order valence-electron chi connectivity index (χ0n) is 18.8. The highest BCUT2D eigenvalue weighted by Crippen LogP contribution is 2.56. The predicted molar refractivity (Wildman–Crippen MR) is 128 cm³/mol. The molecule has 0 saturated heterocycles. The van der Waals surface area contributed by atoms with Crippen molar-refractivity contribution < 1.29 is 0 Å². The lowest BCUT2D eigenvalue weighted by Gasteiger charge is -2.33. The normalized spacial score (nSPS) is 14.2. The Bertz CT molecular complexity index is 998. The monoisotopic (exact) mass is 384 g/mol. The Kier molecular flexibility index (Phi) is 5.81. The van der Waals surface area contributed by atoms with Crippen LogP contribution < -0.4 is 0 Å². The van der Waals surface area contributed by atoms with Crippen molar-refractivity contribution in [2.45, 2.75) is 84.5 Å². The highest BCUT2D eigenvalue weighted by molar-refractivity contribution is 6.03. The van der Waals surface area contributed by atoms with Gasteiger partial charge < -0.3 is 0 Å². The number of benzene rings is 3. The van der Waals surface area contributed by atoms with Crippen LogP contribution in [0.5, 0.6) is 0 Å². The molecule has 3 aromatic rings. The molecule has 0 amide bonds. The minimum atomic E-state index is 0.193. The molecule has 4 rings (SSSR count). The van der Waals surface area contributed by atoms with Crippen LogP contribution in [0.2, 0.25) is 0 Å². The fourth-order valence-electron chi connectivity index (χ4n) is 5.64. The van der Waals surface area contributed by atoms with E-state index in [2.05, 4.69) is 76.2 Å². The molecule has 0 spiro atoms. The molecule has 3 aromatic carbocycles. The van der Waals surface area contributed by atoms with E-state index < -0.39 is 0 Å². The van der Waals surface area contributed by atoms with E-state index in [1.807, 2.05) is 0 Å². The molecular formula is C29H36. The van der Waals surface area contributed by atoms with E-state index in [0.29, 0.717) is 0 Å². The molecule has 0 fully saturated rings. The third-order valence-electron chi connectivity index (χ3n) is 7.17. The first kappa shape index (κ1) is 20.2. The first-order valence-corrected chi connectivity index (χ1v) is 11.8. The maximum Gasteiger partial charge on any atom is 0.0215 e. The topological polar surface area (TPSA) is 0 Å². The number of hydrogen-bond donors (Lipinski definition) is 0. The lowest BCUT2D eigenvalue weighted by molar-refractivity contribution is 0.405. The van der Waals surface area contributed by atoms with E-state index >= 15 is 0 Å². The largest absolute Gasteiger partial charge is 0.0654 e. The van der Waals surface area contributed by atoms with Gasteiger partial charge in [0.25, 0.3) is 0 Å². The Balaban J connectivity index is 1.97. The summed E-state index contributed by atoms with van der Waals surface area (Å²) in [6.45, 7) is 9.14. The summed E-state index contributed by atoms with van der Waals surface area (Å²) < 4.78 is 0. The summed E-state index contributed by atoms with van der Waals surface area (Å²) in [7, 11) is 0. The average Bonchev–Trinajstić information content (AvgIpc) is 2.99. The highest BCUT2D eigenvalue weighted by Gasteiger charge is 2.42. The van der Waals surface area contributed by atoms with Crippen molar-refractivity contribution in [2.24, 2.45) is 0 Å². The van der Waals surface area contributed by atoms with Gasteiger partial charge in [-0.2, -0.15) is 0 Å². The van der Waals surface area contributed by atoms with Crippen LogP contribution in [-0.2, 0) is 5.41 Å². The van der Waals surface area contributed by atoms with Crippen molar-refractivity contribution in [1.82, 2.24) is 0 Å². The van der Waals surface area contributed by atoms with Gasteiger partial charge in [-0.3, -0.25) is 0 Å². The minimum Gasteiger partial charge on any atom is -0.0654 e. The summed E-state index contributed by atoms with van der Waals surface area (Å²) in [4.78, 5) is 0. The highest BCUT2D eigenvalue weighted by atomic mass is 14.5. The second kappa shape index (κ2) is 8.34. The van der Waals surface area contributed by atoms with Gasteiger partial charge in [0.2, 0.25) is 0 Å². The third-order valence-corrected chi connectivity index (χ3v) is 7.17. The van der Waals surface area contributed by atoms with E-state index in [1.54, 1.807) is 11.1 Å². The molecule has 29 heavy (non-hydrogen) atoms. The van der Waals surface area contributed by atoms with Gasteiger partial charge in [0.15, 0.2) is 0 Å². The van der Waals surface area contributed by atoms with Crippen LogP contribution in [0, 0.1) is 13.8 Å². The molecule has 0 aliphatic heterocycles. The minimum absolute atomic E-state index is 0.193. The predicted octanol–water partition coefficient (Wildman–Crippen LogP) is 8.88. The zero-order valence-corrected chi connectivity index (χ0v) is 18.8. The average molecular weight is 385 g/mol. The van der Waals surface area contributed by atoms with Crippen molar-refractivity contribution in [3.05, 3.63) is 70.8 Å². The number of aryl methyl sites for hydroxylation is 2. The second-order valence-corrected chi connectivity index (χ2v) is 9.20. The van der Waals surface area contributed by atoms with E-state index in [0.717, 1.165) is 0 Å². The summed E-state index contributed by atoms with van der Waals surface area (Å²) >= 11 is 0. The van der Waals surface area contributed by atoms with E-state index in [1.165, 1.54) is 84.4 Å². The molecule has 0 aromatic heterocycles. The van der Waals surface area contributed by atoms with Gasteiger partial charge in [-0.15, -0.1) is 0 Å². The van der Waals surface area contributed by atoms with Gasteiger partial charge in [-0.25, -0.2) is 0 Å². The molecule has 0 atom stereocenters. The van der Waals surface area contributed by atoms with Crippen LogP contribution in [0.25, 0.3) is 21.9 Å². The van der Waals surface area contributed by atoms with Gasteiger partial charge in [-0.1, -0.05) is 106 Å². The first-order valence-electron chi connectivity index (χ1n) is 11.8. The SMILES string of the molecule is CCCCCC1(CCCCC)c2cc(C)ccc2-c2c1ccc1c(C)cccc21. The summed E-state index contributed by atoms with van der Waals surface area (Å²) in [6, 6.07) is 18.9. The van der Waals surface area contributed by atoms with Crippen LogP contribution in [0.15, 0.2) is 48.5 Å². The van der Waals surface area contributed by atoms with Gasteiger partial charge in [-0.05, 0) is 65.3 Å². The van der Waals surface area contributed by atoms with E-state index in [9.17, 15) is 0 Å². The van der Waals surface area contributed by atoms with Gasteiger partial charge in [0, 0.05) is 5.41 Å². The Hall–Kier alpha value is -2.08. The number of unbranched alkanes of at least 4 members (excludes halogenated alkanes) is 4. The molecule has 0 nitrogen and oxygen atoms in total. The zero-order chi connectivity index (χ0) is 20.4. The molecule has 0 radical (unpaired) electrons. The third kappa shape index (κ3) is 3.41. The summed E-state index contributed by atoms with van der Waals surface area (Å²) in [5.74, 6) is 0. The number of rotatable bonds is 8. The van der Waals surface area contributed by atoms with Crippen molar-refractivity contribution in [3.8, 4) is 11.1 Å². The molecular weight excluding hydrogens is 348 g/mol. The lowest BCUT2D eigenvalue weighted by Crippen LogP contribution is -2.25. The van der Waals surface area contributed by atoms with Crippen LogP contribution in [0.3, 0.4) is 0 Å². The number of fused-ring (bicyclic) bond motifs is 5. The fraction of sp³-hybridized carbons (Fsp3) is 0.448. The summed E-state index contributed by atoms with van der Waals surface area (Å²) in [6.07, 6.45) is 10.4. The van der Waals surface area contributed by atoms with E-state index in [4.69, 9.17) is 0 Å². The maximum absolute atomic E-state index is 2.51. The van der Waals surface area contributed by atoms with Crippen LogP contribution in [0.1, 0.15) is 87.5 Å². The molecule has 1 aliphatic rings. The quantitative estimate of drug-likeness (QED) is 0.340. The van der Waals surface area contributed by atoms with Gasteiger partial charge >= 0.3 is 0 Å². The second-order valence-electron chi connectivity index (χ2n) is 9.20. The fourth-order valence-corrected chi connectivity index (χ4v) is 5.64. The molecule has 0 heteroatoms. The molecule has 0 heterocycles. The van der Waals surface area contributed by atoms with Gasteiger partial charge in [0.1, 0.15) is 0 Å². The first-order chi connectivity index (χ1) is 14.1. The molecule has 0 unspecified atom stereocenters. The summed E-state index contributed by atoms with van der Waals surface area (Å²) in [5.41, 5.74) is 9.20. The van der Waals surface area contributed by atoms with Crippen molar-refractivity contribution in [1.29, 1.82) is 0 Å². The lowest BCUT2D eigenvalue weighted by atomic mass is 9.70. The molecule has 0 bridgehead atoms. The Morgan fingerprint density at radius 3 is 2.10 bits per heavy atom. The Morgan fingerprint density at radius 2 is 1.41 bits per heavy atom. The Labute approximate surface area is 177 Å². The Morgan fingerprint density at radius 1 is 0.690 bits per heavy atom. The maximum atomic E-state index is 2.51. The van der Waals surface area contributed by atoms with Gasteiger partial charge in [0.05, 0.1) is 0 Å². The number of hydrogen-bond acceptors (Lipinski definition) is 0. The molecule has 0 saturated carbocycles. The van der Waals surface area contributed by atoms with Crippen LogP contribution >= 0.6 is 0 Å².